The van der Waals surface area contributed by atoms with Gasteiger partial charge in [-0.1, -0.05) is 28.1 Å². The van der Waals surface area contributed by atoms with Crippen LogP contribution < -0.4 is 5.32 Å². The van der Waals surface area contributed by atoms with Crippen molar-refractivity contribution in [3.05, 3.63) is 56.2 Å². The summed E-state index contributed by atoms with van der Waals surface area (Å²) in [5.74, 6) is -0.832. The van der Waals surface area contributed by atoms with Gasteiger partial charge >= 0.3 is 5.97 Å². The second-order valence-corrected chi connectivity index (χ2v) is 7.24. The summed E-state index contributed by atoms with van der Waals surface area (Å²) in [4.78, 5) is 12.4. The summed E-state index contributed by atoms with van der Waals surface area (Å²) in [6, 6.07) is 12.0. The molecule has 2 N–H and O–H groups in total. The zero-order valence-corrected chi connectivity index (χ0v) is 14.8. The molecule has 2 aromatic rings. The lowest BCUT2D eigenvalue weighted by Gasteiger charge is -2.05. The molecule has 0 unspecified atom stereocenters. The van der Waals surface area contributed by atoms with Gasteiger partial charge in [-0.3, -0.25) is 0 Å². The summed E-state index contributed by atoms with van der Waals surface area (Å²) >= 11 is 4.86. The van der Waals surface area contributed by atoms with Crippen LogP contribution in [0, 0.1) is 0 Å². The molecule has 0 radical (unpaired) electrons. The Balaban J connectivity index is 1.55. The molecular formula is C17H20BrNO2S. The van der Waals surface area contributed by atoms with Gasteiger partial charge in [0.25, 0.3) is 0 Å². The van der Waals surface area contributed by atoms with Crippen molar-refractivity contribution in [2.45, 2.75) is 25.7 Å². The normalized spacial score (nSPS) is 10.8. The fourth-order valence-corrected chi connectivity index (χ4v) is 3.58. The molecule has 0 spiro atoms. The Bertz CT molecular complexity index is 612. The fourth-order valence-electron chi connectivity index (χ4n) is 2.25. The van der Waals surface area contributed by atoms with Gasteiger partial charge in [-0.15, -0.1) is 11.3 Å². The standard InChI is InChI=1S/C17H20BrNO2S/c18-14-6-1-4-13(12-14)5-2-10-19-11-3-7-15-8-9-16(22-15)17(20)21/h1,4,6,8-9,12,19H,2-3,5,7,10-11H2,(H,20,21). The lowest BCUT2D eigenvalue weighted by Crippen LogP contribution is -2.17. The van der Waals surface area contributed by atoms with Crippen molar-refractivity contribution in [3.8, 4) is 0 Å². The van der Waals surface area contributed by atoms with Crippen LogP contribution in [-0.4, -0.2) is 24.2 Å². The molecule has 0 aliphatic carbocycles. The highest BCUT2D eigenvalue weighted by Crippen LogP contribution is 2.17. The van der Waals surface area contributed by atoms with Crippen molar-refractivity contribution in [1.82, 2.24) is 5.32 Å². The molecule has 0 saturated heterocycles. The predicted molar refractivity (Wildman–Crippen MR) is 94.9 cm³/mol. The van der Waals surface area contributed by atoms with Crippen LogP contribution in [-0.2, 0) is 12.8 Å². The monoisotopic (exact) mass is 381 g/mol. The Morgan fingerprint density at radius 3 is 2.59 bits per heavy atom. The topological polar surface area (TPSA) is 49.3 Å². The fraction of sp³-hybridized carbons (Fsp3) is 0.353. The van der Waals surface area contributed by atoms with Crippen LogP contribution in [0.15, 0.2) is 40.9 Å². The number of rotatable bonds is 9. The highest BCUT2D eigenvalue weighted by Gasteiger charge is 2.06. The quantitative estimate of drug-likeness (QED) is 0.634. The molecule has 1 aromatic carbocycles. The Kier molecular flexibility index (Phi) is 7.09. The van der Waals surface area contributed by atoms with E-state index < -0.39 is 5.97 Å². The summed E-state index contributed by atoms with van der Waals surface area (Å²) in [5.41, 5.74) is 1.36. The van der Waals surface area contributed by atoms with Gasteiger partial charge in [-0.25, -0.2) is 4.79 Å². The van der Waals surface area contributed by atoms with Crippen LogP contribution in [0.25, 0.3) is 0 Å². The Hall–Kier alpha value is -1.17. The summed E-state index contributed by atoms with van der Waals surface area (Å²) in [5, 5.41) is 12.3. The van der Waals surface area contributed by atoms with Gasteiger partial charge in [-0.05, 0) is 68.6 Å². The van der Waals surface area contributed by atoms with Crippen LogP contribution in [0.5, 0.6) is 0 Å². The second-order valence-electron chi connectivity index (χ2n) is 5.16. The zero-order valence-electron chi connectivity index (χ0n) is 12.3. The van der Waals surface area contributed by atoms with Crippen LogP contribution in [0.4, 0.5) is 0 Å². The van der Waals surface area contributed by atoms with E-state index in [0.717, 1.165) is 48.1 Å². The first kappa shape index (κ1) is 17.2. The van der Waals surface area contributed by atoms with Gasteiger partial charge < -0.3 is 10.4 Å². The number of hydrogen-bond acceptors (Lipinski definition) is 3. The predicted octanol–water partition coefficient (Wildman–Crippen LogP) is 4.36. The number of aromatic carboxylic acids is 1. The molecule has 0 aliphatic rings. The van der Waals surface area contributed by atoms with E-state index in [9.17, 15) is 4.79 Å². The van der Waals surface area contributed by atoms with E-state index >= 15 is 0 Å². The first-order chi connectivity index (χ1) is 10.6. The minimum atomic E-state index is -0.832. The molecule has 0 atom stereocenters. The maximum absolute atomic E-state index is 10.8. The lowest BCUT2D eigenvalue weighted by atomic mass is 10.1. The average Bonchev–Trinajstić information content (AvgIpc) is 2.95. The zero-order chi connectivity index (χ0) is 15.8. The number of carboxylic acid groups (broad SMARTS) is 1. The molecule has 0 amide bonds. The second kappa shape index (κ2) is 9.08. The summed E-state index contributed by atoms with van der Waals surface area (Å²) < 4.78 is 1.13. The molecule has 1 aromatic heterocycles. The van der Waals surface area contributed by atoms with Gasteiger partial charge in [0.2, 0.25) is 0 Å². The van der Waals surface area contributed by atoms with Crippen LogP contribution in [0.1, 0.15) is 33.0 Å². The maximum Gasteiger partial charge on any atom is 0.345 e. The molecule has 0 fully saturated rings. The maximum atomic E-state index is 10.8. The molecule has 118 valence electrons. The molecule has 0 bridgehead atoms. The van der Waals surface area contributed by atoms with E-state index in [0.29, 0.717) is 4.88 Å². The molecule has 1 heterocycles. The van der Waals surface area contributed by atoms with Crippen molar-refractivity contribution >= 4 is 33.2 Å². The Labute approximate surface area is 143 Å². The first-order valence-electron chi connectivity index (χ1n) is 7.42. The van der Waals surface area contributed by atoms with Crippen molar-refractivity contribution in [2.75, 3.05) is 13.1 Å². The minimum absolute atomic E-state index is 0.428. The number of nitrogens with one attached hydrogen (secondary N) is 1. The molecule has 3 nitrogen and oxygen atoms in total. The van der Waals surface area contributed by atoms with Crippen molar-refractivity contribution in [3.63, 3.8) is 0 Å². The SMILES string of the molecule is O=C(O)c1ccc(CCCNCCCc2cccc(Br)c2)s1. The Morgan fingerprint density at radius 2 is 1.91 bits per heavy atom. The number of benzene rings is 1. The molecule has 22 heavy (non-hydrogen) atoms. The van der Waals surface area contributed by atoms with Crippen LogP contribution in [0.2, 0.25) is 0 Å². The van der Waals surface area contributed by atoms with Crippen LogP contribution >= 0.6 is 27.3 Å². The largest absolute Gasteiger partial charge is 0.477 e. The van der Waals surface area contributed by atoms with E-state index in [1.807, 2.05) is 12.1 Å². The van der Waals surface area contributed by atoms with Crippen molar-refractivity contribution in [1.29, 1.82) is 0 Å². The Morgan fingerprint density at radius 1 is 1.14 bits per heavy atom. The van der Waals surface area contributed by atoms with Gasteiger partial charge in [0.05, 0.1) is 0 Å². The van der Waals surface area contributed by atoms with E-state index in [2.05, 4.69) is 39.4 Å². The third-order valence-corrected chi connectivity index (χ3v) is 4.98. The molecule has 5 heteroatoms. The van der Waals surface area contributed by atoms with E-state index in [-0.39, 0.29) is 0 Å². The molecular weight excluding hydrogens is 362 g/mol. The number of aryl methyl sites for hydroxylation is 2. The smallest absolute Gasteiger partial charge is 0.345 e. The van der Waals surface area contributed by atoms with E-state index in [4.69, 9.17) is 5.11 Å². The number of halogens is 1. The third-order valence-electron chi connectivity index (χ3n) is 3.36. The van der Waals surface area contributed by atoms with Gasteiger partial charge in [0, 0.05) is 9.35 Å². The molecule has 2 rings (SSSR count). The van der Waals surface area contributed by atoms with Gasteiger partial charge in [-0.2, -0.15) is 0 Å². The highest BCUT2D eigenvalue weighted by atomic mass is 79.9. The van der Waals surface area contributed by atoms with Crippen molar-refractivity contribution < 1.29 is 9.90 Å². The summed E-state index contributed by atoms with van der Waals surface area (Å²) in [6.07, 6.45) is 4.19. The molecule has 0 saturated carbocycles. The summed E-state index contributed by atoms with van der Waals surface area (Å²) in [7, 11) is 0. The van der Waals surface area contributed by atoms with Gasteiger partial charge in [0.1, 0.15) is 4.88 Å². The van der Waals surface area contributed by atoms with Gasteiger partial charge in [0.15, 0.2) is 0 Å². The lowest BCUT2D eigenvalue weighted by molar-refractivity contribution is 0.0702. The summed E-state index contributed by atoms with van der Waals surface area (Å²) in [6.45, 7) is 1.98. The number of hydrogen-bond donors (Lipinski definition) is 2. The number of carboxylic acids is 1. The van der Waals surface area contributed by atoms with Crippen molar-refractivity contribution in [2.24, 2.45) is 0 Å². The first-order valence-corrected chi connectivity index (χ1v) is 9.03. The minimum Gasteiger partial charge on any atom is -0.477 e. The number of carbonyl (C=O) groups is 1. The number of thiophene rings is 1. The van der Waals surface area contributed by atoms with E-state index in [1.54, 1.807) is 6.07 Å². The molecule has 0 aliphatic heterocycles. The van der Waals surface area contributed by atoms with Crippen LogP contribution in [0.3, 0.4) is 0 Å². The third kappa shape index (κ3) is 5.91. The average molecular weight is 382 g/mol. The van der Waals surface area contributed by atoms with E-state index in [1.165, 1.54) is 16.9 Å². The highest BCUT2D eigenvalue weighted by molar-refractivity contribution is 9.10.